The molecule has 0 saturated heterocycles. The molecule has 0 aromatic heterocycles. The summed E-state index contributed by atoms with van der Waals surface area (Å²) in [5, 5.41) is 9.89. The first-order valence-corrected chi connectivity index (χ1v) is 8.99. The Bertz CT molecular complexity index is 175. The first-order chi connectivity index (χ1) is 9.31. The predicted molar refractivity (Wildman–Crippen MR) is 98.6 cm³/mol. The molecule has 0 bridgehead atoms. The van der Waals surface area contributed by atoms with Gasteiger partial charge in [0.15, 0.2) is 0 Å². The SMILES string of the molecule is CCCCCCCCCC(O)CCCCCCCC.[Br-].[Br-].[NH4+].[NH4+]. The Balaban J connectivity index is -0.000000270. The van der Waals surface area contributed by atoms with E-state index in [-0.39, 0.29) is 52.4 Å². The highest BCUT2D eigenvalue weighted by atomic mass is 79.9. The van der Waals surface area contributed by atoms with Crippen LogP contribution in [0.3, 0.4) is 0 Å². The van der Waals surface area contributed by atoms with Crippen molar-refractivity contribution in [2.24, 2.45) is 0 Å². The van der Waals surface area contributed by atoms with Gasteiger partial charge in [0.25, 0.3) is 0 Å². The summed E-state index contributed by atoms with van der Waals surface area (Å²) in [5.41, 5.74) is 0. The van der Waals surface area contributed by atoms with Crippen LogP contribution in [-0.2, 0) is 0 Å². The van der Waals surface area contributed by atoms with Crippen LogP contribution in [0.1, 0.15) is 110 Å². The fourth-order valence-electron chi connectivity index (χ4n) is 2.64. The summed E-state index contributed by atoms with van der Waals surface area (Å²) in [4.78, 5) is 0. The lowest BCUT2D eigenvalue weighted by Crippen LogP contribution is -3.00. The standard InChI is InChI=1S/C18H38O.2BrH.2H3N/c1-3-5-7-9-11-13-15-17-18(19)16-14-12-10-8-6-4-2;;;;/h18-19H,3-17H2,1-2H3;2*1H;2*1H3. The van der Waals surface area contributed by atoms with Crippen molar-refractivity contribution in [2.45, 2.75) is 116 Å². The first-order valence-electron chi connectivity index (χ1n) is 8.99. The molecule has 5 heteroatoms. The Morgan fingerprint density at radius 1 is 0.522 bits per heavy atom. The summed E-state index contributed by atoms with van der Waals surface area (Å²) in [7, 11) is 0. The Hall–Kier alpha value is 0.840. The average molecular weight is 466 g/mol. The minimum Gasteiger partial charge on any atom is -1.00 e. The second kappa shape index (κ2) is 30.7. The van der Waals surface area contributed by atoms with Gasteiger partial charge in [0, 0.05) is 0 Å². The Kier molecular flexibility index (Phi) is 46.8. The second-order valence-electron chi connectivity index (χ2n) is 6.12. The highest BCUT2D eigenvalue weighted by molar-refractivity contribution is 4.57. The maximum Gasteiger partial charge on any atom is 0.0540 e. The van der Waals surface area contributed by atoms with Crippen molar-refractivity contribution in [3.63, 3.8) is 0 Å². The summed E-state index contributed by atoms with van der Waals surface area (Å²) in [6.45, 7) is 4.52. The lowest BCUT2D eigenvalue weighted by molar-refractivity contribution is -0.00100. The topological polar surface area (TPSA) is 93.2 Å². The zero-order valence-corrected chi connectivity index (χ0v) is 19.6. The molecule has 0 aliphatic carbocycles. The van der Waals surface area contributed by atoms with Gasteiger partial charge in [0.2, 0.25) is 0 Å². The molecular weight excluding hydrogens is 420 g/mol. The molecule has 0 heterocycles. The maximum absolute atomic E-state index is 9.89. The molecule has 0 aromatic rings. The van der Waals surface area contributed by atoms with Crippen LogP contribution in [0, 0.1) is 0 Å². The number of quaternary nitrogens is 2. The van der Waals surface area contributed by atoms with Crippen molar-refractivity contribution in [3.05, 3.63) is 0 Å². The number of rotatable bonds is 15. The van der Waals surface area contributed by atoms with E-state index in [1.54, 1.807) is 0 Å². The van der Waals surface area contributed by atoms with Gasteiger partial charge < -0.3 is 51.4 Å². The number of hydrogen-bond acceptors (Lipinski definition) is 1. The molecule has 9 N–H and O–H groups in total. The van der Waals surface area contributed by atoms with Gasteiger partial charge in [-0.25, -0.2) is 0 Å². The molecule has 0 saturated carbocycles. The summed E-state index contributed by atoms with van der Waals surface area (Å²) in [5.74, 6) is 0. The normalized spacial score (nSPS) is 10.6. The van der Waals surface area contributed by atoms with Crippen LogP contribution in [0.25, 0.3) is 0 Å². The van der Waals surface area contributed by atoms with Crippen molar-refractivity contribution in [1.29, 1.82) is 0 Å². The van der Waals surface area contributed by atoms with E-state index in [0.717, 1.165) is 12.8 Å². The molecule has 0 aromatic carbocycles. The summed E-state index contributed by atoms with van der Waals surface area (Å²) < 4.78 is 0. The third kappa shape index (κ3) is 31.2. The lowest BCUT2D eigenvalue weighted by atomic mass is 10.0. The van der Waals surface area contributed by atoms with Crippen LogP contribution in [0.5, 0.6) is 0 Å². The molecule has 1 unspecified atom stereocenters. The van der Waals surface area contributed by atoms with Gasteiger partial charge in [-0.15, -0.1) is 0 Å². The van der Waals surface area contributed by atoms with E-state index in [2.05, 4.69) is 13.8 Å². The molecular formula is C18H46Br2N2O. The molecule has 0 radical (unpaired) electrons. The van der Waals surface area contributed by atoms with Gasteiger partial charge in [-0.2, -0.15) is 0 Å². The van der Waals surface area contributed by atoms with Crippen molar-refractivity contribution in [1.82, 2.24) is 12.3 Å². The molecule has 148 valence electrons. The molecule has 0 amide bonds. The van der Waals surface area contributed by atoms with Crippen molar-refractivity contribution >= 4 is 0 Å². The third-order valence-corrected chi connectivity index (χ3v) is 4.03. The summed E-state index contributed by atoms with van der Waals surface area (Å²) >= 11 is 0. The molecule has 0 fully saturated rings. The largest absolute Gasteiger partial charge is 1.00 e. The zero-order valence-electron chi connectivity index (χ0n) is 16.4. The van der Waals surface area contributed by atoms with E-state index >= 15 is 0 Å². The summed E-state index contributed by atoms with van der Waals surface area (Å²) in [6.07, 6.45) is 19.4. The van der Waals surface area contributed by atoms with Gasteiger partial charge in [0.05, 0.1) is 6.10 Å². The van der Waals surface area contributed by atoms with Gasteiger partial charge >= 0.3 is 0 Å². The van der Waals surface area contributed by atoms with E-state index in [4.69, 9.17) is 0 Å². The molecule has 0 aliphatic rings. The lowest BCUT2D eigenvalue weighted by Gasteiger charge is -2.10. The molecule has 3 nitrogen and oxygen atoms in total. The fourth-order valence-corrected chi connectivity index (χ4v) is 2.64. The number of hydrogen-bond donors (Lipinski definition) is 3. The van der Waals surface area contributed by atoms with Crippen LogP contribution in [0.4, 0.5) is 0 Å². The highest BCUT2D eigenvalue weighted by Crippen LogP contribution is 2.14. The zero-order chi connectivity index (χ0) is 14.2. The van der Waals surface area contributed by atoms with Gasteiger partial charge in [0.1, 0.15) is 0 Å². The predicted octanol–water partition coefficient (Wildman–Crippen LogP) is 0.999. The Labute approximate surface area is 167 Å². The molecule has 1 atom stereocenters. The van der Waals surface area contributed by atoms with Crippen molar-refractivity contribution in [2.75, 3.05) is 0 Å². The Morgan fingerprint density at radius 2 is 0.783 bits per heavy atom. The monoisotopic (exact) mass is 464 g/mol. The third-order valence-electron chi connectivity index (χ3n) is 4.03. The smallest absolute Gasteiger partial charge is 0.0540 e. The molecule has 0 rings (SSSR count). The van der Waals surface area contributed by atoms with E-state index in [1.165, 1.54) is 83.5 Å². The van der Waals surface area contributed by atoms with Crippen LogP contribution in [0.15, 0.2) is 0 Å². The highest BCUT2D eigenvalue weighted by Gasteiger charge is 2.03. The quantitative estimate of drug-likeness (QED) is 0.309. The number of halogens is 2. The van der Waals surface area contributed by atoms with Gasteiger partial charge in [-0.1, -0.05) is 97.3 Å². The molecule has 0 aliphatic heterocycles. The first kappa shape index (κ1) is 35.0. The maximum atomic E-state index is 9.89. The molecule has 0 spiro atoms. The van der Waals surface area contributed by atoms with Crippen LogP contribution in [-0.4, -0.2) is 11.2 Å². The van der Waals surface area contributed by atoms with Gasteiger partial charge in [-0.05, 0) is 12.8 Å². The van der Waals surface area contributed by atoms with Crippen LogP contribution in [0.2, 0.25) is 0 Å². The minimum absolute atomic E-state index is 0. The van der Waals surface area contributed by atoms with Crippen LogP contribution >= 0.6 is 0 Å². The van der Waals surface area contributed by atoms with Crippen LogP contribution < -0.4 is 46.3 Å². The number of aliphatic hydroxyl groups excluding tert-OH is 1. The van der Waals surface area contributed by atoms with Crippen molar-refractivity contribution in [3.8, 4) is 0 Å². The minimum atomic E-state index is -0.0261. The van der Waals surface area contributed by atoms with E-state index in [1.807, 2.05) is 0 Å². The Morgan fingerprint density at radius 3 is 1.09 bits per heavy atom. The van der Waals surface area contributed by atoms with Crippen molar-refractivity contribution < 1.29 is 39.1 Å². The number of unbranched alkanes of at least 4 members (excludes halogenated alkanes) is 11. The van der Waals surface area contributed by atoms with E-state index in [0.29, 0.717) is 0 Å². The van der Waals surface area contributed by atoms with Gasteiger partial charge in [-0.3, -0.25) is 0 Å². The number of aliphatic hydroxyl groups is 1. The second-order valence-corrected chi connectivity index (χ2v) is 6.12. The summed E-state index contributed by atoms with van der Waals surface area (Å²) in [6, 6.07) is 0. The molecule has 23 heavy (non-hydrogen) atoms. The average Bonchev–Trinajstić information content (AvgIpc) is 2.41. The van der Waals surface area contributed by atoms with E-state index < -0.39 is 0 Å². The van der Waals surface area contributed by atoms with E-state index in [9.17, 15) is 5.11 Å². The fraction of sp³-hybridized carbons (Fsp3) is 1.00.